The zero-order chi connectivity index (χ0) is 26.6. The highest BCUT2D eigenvalue weighted by molar-refractivity contribution is 7.22. The molecule has 0 unspecified atom stereocenters. The van der Waals surface area contributed by atoms with Crippen LogP contribution in [0.2, 0.25) is 5.02 Å². The van der Waals surface area contributed by atoms with Crippen LogP contribution in [-0.4, -0.2) is 53.7 Å². The number of hydrogen-bond donors (Lipinski definition) is 2. The highest BCUT2D eigenvalue weighted by Gasteiger charge is 2.46. The number of hydrogen-bond acceptors (Lipinski definition) is 8. The van der Waals surface area contributed by atoms with E-state index in [1.165, 1.54) is 6.07 Å². The molecule has 38 heavy (non-hydrogen) atoms. The molecule has 0 saturated carbocycles. The average Bonchev–Trinajstić information content (AvgIpc) is 3.25. The van der Waals surface area contributed by atoms with Gasteiger partial charge in [-0.3, -0.25) is 4.79 Å². The second-order valence-corrected chi connectivity index (χ2v) is 11.3. The van der Waals surface area contributed by atoms with E-state index < -0.39 is 23.5 Å². The third kappa shape index (κ3) is 3.17. The smallest absolute Gasteiger partial charge is 0.251 e. The van der Waals surface area contributed by atoms with Crippen molar-refractivity contribution in [2.75, 3.05) is 35.2 Å². The van der Waals surface area contributed by atoms with E-state index in [0.717, 1.165) is 11.3 Å². The summed E-state index contributed by atoms with van der Waals surface area (Å²) in [4.78, 5) is 25.6. The monoisotopic (exact) mass is 560 g/mol. The molecular weight excluding hydrogens is 541 g/mol. The second kappa shape index (κ2) is 8.08. The van der Waals surface area contributed by atoms with Gasteiger partial charge in [-0.15, -0.1) is 0 Å². The second-order valence-electron chi connectivity index (χ2n) is 9.86. The molecule has 196 valence electrons. The predicted octanol–water partition coefficient (Wildman–Crippen LogP) is 4.46. The lowest BCUT2D eigenvalue weighted by Gasteiger charge is -2.49. The van der Waals surface area contributed by atoms with Crippen molar-refractivity contribution in [1.82, 2.24) is 15.3 Å². The van der Waals surface area contributed by atoms with Gasteiger partial charge in [0.15, 0.2) is 10.9 Å². The number of carbonyl (C=O) groups is 1. The van der Waals surface area contributed by atoms with Gasteiger partial charge < -0.3 is 25.6 Å². The Labute approximate surface area is 223 Å². The van der Waals surface area contributed by atoms with E-state index in [1.807, 2.05) is 11.8 Å². The van der Waals surface area contributed by atoms with Crippen LogP contribution in [-0.2, 0) is 4.79 Å². The maximum Gasteiger partial charge on any atom is 0.251 e. The number of pyridine rings is 1. The number of benzene rings is 2. The normalized spacial score (nSPS) is 22.6. The third-order valence-corrected chi connectivity index (χ3v) is 8.49. The zero-order valence-corrected chi connectivity index (χ0v) is 21.7. The highest BCUT2D eigenvalue weighted by Crippen LogP contribution is 2.51. The number of nitrogens with zero attached hydrogens (tertiary/aromatic N) is 4. The molecule has 1 saturated heterocycles. The summed E-state index contributed by atoms with van der Waals surface area (Å²) < 4.78 is 52.2. The van der Waals surface area contributed by atoms with Gasteiger partial charge in [0.25, 0.3) is 5.91 Å². The first-order valence-corrected chi connectivity index (χ1v) is 13.2. The quantitative estimate of drug-likeness (QED) is 0.355. The molecule has 0 radical (unpaired) electrons. The van der Waals surface area contributed by atoms with Gasteiger partial charge in [0.1, 0.15) is 35.0 Å². The van der Waals surface area contributed by atoms with Gasteiger partial charge >= 0.3 is 0 Å². The van der Waals surface area contributed by atoms with Crippen molar-refractivity contribution >= 4 is 66.5 Å². The van der Waals surface area contributed by atoms with Crippen molar-refractivity contribution in [2.24, 2.45) is 0 Å². The first kappa shape index (κ1) is 23.7. The fraction of sp³-hybridized carbons (Fsp3) is 0.320. The van der Waals surface area contributed by atoms with Crippen LogP contribution in [0.15, 0.2) is 12.1 Å². The third-order valence-electron chi connectivity index (χ3n) is 7.29. The number of nitrogens with two attached hydrogens (primary N) is 1. The summed E-state index contributed by atoms with van der Waals surface area (Å²) in [6.07, 6.45) is -0.381. The van der Waals surface area contributed by atoms with Gasteiger partial charge in [0.2, 0.25) is 5.88 Å². The molecule has 0 aliphatic carbocycles. The van der Waals surface area contributed by atoms with Crippen molar-refractivity contribution in [3.8, 4) is 17.0 Å². The number of nitrogens with one attached hydrogen (secondary N) is 1. The molecule has 0 bridgehead atoms. The minimum Gasteiger partial charge on any atom is -0.471 e. The molecule has 1 amide bonds. The molecule has 3 aliphatic rings. The van der Waals surface area contributed by atoms with Gasteiger partial charge in [-0.05, 0) is 19.9 Å². The van der Waals surface area contributed by atoms with E-state index in [0.29, 0.717) is 42.5 Å². The fourth-order valence-electron chi connectivity index (χ4n) is 5.73. The molecule has 2 aromatic carbocycles. The van der Waals surface area contributed by atoms with Gasteiger partial charge in [-0.2, -0.15) is 0 Å². The Hall–Kier alpha value is -3.35. The van der Waals surface area contributed by atoms with Crippen molar-refractivity contribution in [2.45, 2.75) is 32.0 Å². The van der Waals surface area contributed by atoms with Crippen LogP contribution in [0, 0.1) is 17.5 Å². The minimum absolute atomic E-state index is 0.00529. The standard InChI is InChI=1S/C25H20ClF3N6O2S/c1-8-6-34-14(5-31-8)24(36)35-7-9(2)37-23-21(35)20(34)10-3-11(26)15(17(29)18(10)32-23)16-12(27)4-13(28)22-19(16)33-25(30)38-22/h3-4,8-9,14,31H,5-7H2,1-2H3,(H2,30,33)/t8-,9-,14-/m1/s1. The predicted molar refractivity (Wildman–Crippen MR) is 141 cm³/mol. The molecular formula is C25H20ClF3N6O2S. The molecule has 0 spiro atoms. The van der Waals surface area contributed by atoms with Crippen molar-refractivity contribution in [1.29, 1.82) is 0 Å². The summed E-state index contributed by atoms with van der Waals surface area (Å²) >= 11 is 7.49. The van der Waals surface area contributed by atoms with Crippen LogP contribution in [0.1, 0.15) is 13.8 Å². The van der Waals surface area contributed by atoms with Crippen LogP contribution in [0.4, 0.5) is 29.7 Å². The van der Waals surface area contributed by atoms with Crippen LogP contribution in [0.3, 0.4) is 0 Å². The summed E-state index contributed by atoms with van der Waals surface area (Å²) in [6.45, 7) is 5.02. The Morgan fingerprint density at radius 2 is 1.89 bits per heavy atom. The summed E-state index contributed by atoms with van der Waals surface area (Å²) in [5.74, 6) is -2.77. The van der Waals surface area contributed by atoms with Crippen LogP contribution < -0.4 is 25.6 Å². The van der Waals surface area contributed by atoms with Crippen molar-refractivity contribution in [3.05, 3.63) is 34.6 Å². The van der Waals surface area contributed by atoms with E-state index in [4.69, 9.17) is 22.1 Å². The molecule has 5 heterocycles. The maximum absolute atomic E-state index is 16.5. The largest absolute Gasteiger partial charge is 0.471 e. The number of carbonyl (C=O) groups excluding carboxylic acids is 1. The van der Waals surface area contributed by atoms with Gasteiger partial charge in [0, 0.05) is 41.7 Å². The number of aromatic nitrogens is 2. The summed E-state index contributed by atoms with van der Waals surface area (Å²) in [6, 6.07) is 1.73. The Morgan fingerprint density at radius 1 is 1.11 bits per heavy atom. The Morgan fingerprint density at radius 3 is 2.68 bits per heavy atom. The Bertz CT molecular complexity index is 1710. The number of ether oxygens (including phenoxy) is 1. The SMILES string of the molecule is C[C@@H]1CN2c3c4c(nc5c(F)c(-c6c(F)cc(F)c7sc(N)nc67)c(Cl)cc35)O[C@H](C)CN4C(=O)[C@H]2CN1. The van der Waals surface area contributed by atoms with E-state index >= 15 is 8.78 Å². The number of piperazine rings is 1. The number of rotatable bonds is 1. The molecule has 13 heteroatoms. The van der Waals surface area contributed by atoms with Gasteiger partial charge in [0.05, 0.1) is 27.5 Å². The average molecular weight is 561 g/mol. The topological polar surface area (TPSA) is 96.6 Å². The number of thiazole rings is 1. The Balaban J connectivity index is 1.56. The van der Waals surface area contributed by atoms with E-state index in [9.17, 15) is 9.18 Å². The van der Waals surface area contributed by atoms with Gasteiger partial charge in [-0.1, -0.05) is 22.9 Å². The van der Waals surface area contributed by atoms with E-state index in [-0.39, 0.29) is 60.9 Å². The lowest BCUT2D eigenvalue weighted by atomic mass is 9.95. The number of fused-ring (bicyclic) bond motifs is 5. The van der Waals surface area contributed by atoms with Crippen LogP contribution in [0.25, 0.3) is 32.2 Å². The minimum atomic E-state index is -1.03. The summed E-state index contributed by atoms with van der Waals surface area (Å²) in [5.41, 5.74) is 6.00. The molecule has 4 aromatic rings. The van der Waals surface area contributed by atoms with Gasteiger partial charge in [-0.25, -0.2) is 23.1 Å². The summed E-state index contributed by atoms with van der Waals surface area (Å²) in [7, 11) is 0. The number of halogens is 4. The molecule has 8 nitrogen and oxygen atoms in total. The number of anilines is 3. The van der Waals surface area contributed by atoms with Crippen LogP contribution >= 0.6 is 22.9 Å². The maximum atomic E-state index is 16.5. The lowest BCUT2D eigenvalue weighted by Crippen LogP contribution is -2.65. The van der Waals surface area contributed by atoms with Crippen LogP contribution in [0.5, 0.6) is 5.88 Å². The van der Waals surface area contributed by atoms with E-state index in [1.54, 1.807) is 11.8 Å². The summed E-state index contributed by atoms with van der Waals surface area (Å²) in [5, 5.41) is 3.59. The van der Waals surface area contributed by atoms with E-state index in [2.05, 4.69) is 15.3 Å². The number of nitrogen functional groups attached to an aromatic ring is 1. The first-order valence-electron chi connectivity index (χ1n) is 12.0. The molecule has 1 fully saturated rings. The molecule has 3 atom stereocenters. The van der Waals surface area contributed by atoms with Crippen molar-refractivity contribution < 1.29 is 22.7 Å². The fourth-order valence-corrected chi connectivity index (χ4v) is 6.76. The molecule has 3 aliphatic heterocycles. The molecule has 7 rings (SSSR count). The zero-order valence-electron chi connectivity index (χ0n) is 20.1. The highest BCUT2D eigenvalue weighted by atomic mass is 35.5. The lowest BCUT2D eigenvalue weighted by molar-refractivity contribution is -0.121. The first-order chi connectivity index (χ1) is 18.1. The molecule has 2 aromatic heterocycles. The molecule has 3 N–H and O–H groups in total. The van der Waals surface area contributed by atoms with Crippen molar-refractivity contribution in [3.63, 3.8) is 0 Å². The Kier molecular flexibility index (Phi) is 5.05. The number of amides is 1.